The molecule has 126 valence electrons. The third-order valence-corrected chi connectivity index (χ3v) is 6.90. The van der Waals surface area contributed by atoms with E-state index in [2.05, 4.69) is 0 Å². The van der Waals surface area contributed by atoms with Crippen LogP contribution in [0.4, 0.5) is 17.6 Å². The SMILES string of the molecule is O=C(c1cc(F)ccc1C(F)(F)F)C1CC2CCCC(C1)S2=O. The van der Waals surface area contributed by atoms with E-state index >= 15 is 0 Å². The number of hydrogen-bond acceptors (Lipinski definition) is 2. The highest BCUT2D eigenvalue weighted by Gasteiger charge is 2.43. The van der Waals surface area contributed by atoms with E-state index < -0.39 is 45.6 Å². The standard InChI is InChI=1S/C16H16F4O2S/c17-10-4-5-14(16(18,19)20)13(8-10)15(21)9-6-11-2-1-3-12(7-9)23(11)22/h4-5,8-9,11-12H,1-3,6-7H2. The second-order valence-electron chi connectivity index (χ2n) is 6.22. The van der Waals surface area contributed by atoms with E-state index in [1.807, 2.05) is 0 Å². The lowest BCUT2D eigenvalue weighted by Crippen LogP contribution is -2.41. The lowest BCUT2D eigenvalue weighted by atomic mass is 9.83. The van der Waals surface area contributed by atoms with Gasteiger partial charge in [0.15, 0.2) is 5.78 Å². The van der Waals surface area contributed by atoms with E-state index in [9.17, 15) is 26.6 Å². The molecule has 0 amide bonds. The molecule has 2 heterocycles. The minimum absolute atomic E-state index is 0.126. The zero-order valence-corrected chi connectivity index (χ0v) is 13.1. The highest BCUT2D eigenvalue weighted by Crippen LogP contribution is 2.40. The summed E-state index contributed by atoms with van der Waals surface area (Å²) in [7, 11) is -1.00. The van der Waals surface area contributed by atoms with Crippen LogP contribution in [-0.4, -0.2) is 20.5 Å². The van der Waals surface area contributed by atoms with E-state index in [1.54, 1.807) is 0 Å². The van der Waals surface area contributed by atoms with E-state index in [4.69, 9.17) is 0 Å². The van der Waals surface area contributed by atoms with Crippen molar-refractivity contribution in [3.8, 4) is 0 Å². The summed E-state index contributed by atoms with van der Waals surface area (Å²) in [5.41, 5.74) is -1.70. The van der Waals surface area contributed by atoms with Gasteiger partial charge in [0, 0.05) is 32.8 Å². The molecular weight excluding hydrogens is 332 g/mol. The molecule has 0 saturated carbocycles. The molecule has 2 unspecified atom stereocenters. The number of carbonyl (C=O) groups excluding carboxylic acids is 1. The minimum atomic E-state index is -4.70. The van der Waals surface area contributed by atoms with Crippen molar-refractivity contribution in [1.82, 2.24) is 0 Å². The van der Waals surface area contributed by atoms with Crippen molar-refractivity contribution in [3.05, 3.63) is 35.1 Å². The van der Waals surface area contributed by atoms with Crippen LogP contribution in [0.3, 0.4) is 0 Å². The Labute approximate surface area is 133 Å². The zero-order chi connectivity index (χ0) is 16.8. The molecule has 2 aliphatic rings. The van der Waals surface area contributed by atoms with Gasteiger partial charge in [0.1, 0.15) is 5.82 Å². The number of alkyl halides is 3. The second kappa shape index (κ2) is 6.00. The van der Waals surface area contributed by atoms with Crippen molar-refractivity contribution in [3.63, 3.8) is 0 Å². The lowest BCUT2D eigenvalue weighted by Gasteiger charge is -2.37. The molecule has 2 nitrogen and oxygen atoms in total. The molecule has 2 fully saturated rings. The van der Waals surface area contributed by atoms with Crippen LogP contribution in [0.15, 0.2) is 18.2 Å². The van der Waals surface area contributed by atoms with Gasteiger partial charge < -0.3 is 0 Å². The zero-order valence-electron chi connectivity index (χ0n) is 12.2. The van der Waals surface area contributed by atoms with Crippen LogP contribution < -0.4 is 0 Å². The maximum Gasteiger partial charge on any atom is 0.417 e. The fourth-order valence-electron chi connectivity index (χ4n) is 3.64. The average molecular weight is 348 g/mol. The molecule has 23 heavy (non-hydrogen) atoms. The van der Waals surface area contributed by atoms with Crippen molar-refractivity contribution in [1.29, 1.82) is 0 Å². The predicted molar refractivity (Wildman–Crippen MR) is 78.0 cm³/mol. The van der Waals surface area contributed by atoms with Crippen molar-refractivity contribution in [2.45, 2.75) is 48.8 Å². The monoisotopic (exact) mass is 348 g/mol. The van der Waals surface area contributed by atoms with Gasteiger partial charge in [-0.05, 0) is 43.9 Å². The van der Waals surface area contributed by atoms with Crippen LogP contribution in [-0.2, 0) is 17.0 Å². The molecule has 2 atom stereocenters. The summed E-state index contributed by atoms with van der Waals surface area (Å²) in [6.45, 7) is 0. The van der Waals surface area contributed by atoms with Gasteiger partial charge in [-0.2, -0.15) is 13.2 Å². The number of carbonyl (C=O) groups is 1. The highest BCUT2D eigenvalue weighted by molar-refractivity contribution is 7.86. The van der Waals surface area contributed by atoms with E-state index in [0.29, 0.717) is 31.0 Å². The summed E-state index contributed by atoms with van der Waals surface area (Å²) < 4.78 is 64.8. The molecule has 3 rings (SSSR count). The van der Waals surface area contributed by atoms with Gasteiger partial charge in [0.05, 0.1) is 5.56 Å². The number of ketones is 1. The third-order valence-electron chi connectivity index (χ3n) is 4.73. The number of hydrogen-bond donors (Lipinski definition) is 0. The van der Waals surface area contributed by atoms with Gasteiger partial charge in [-0.15, -0.1) is 0 Å². The first kappa shape index (κ1) is 16.6. The van der Waals surface area contributed by atoms with Crippen LogP contribution in [0.2, 0.25) is 0 Å². The summed E-state index contributed by atoms with van der Waals surface area (Å²) in [4.78, 5) is 12.6. The molecule has 2 bridgehead atoms. The first-order valence-electron chi connectivity index (χ1n) is 7.57. The van der Waals surface area contributed by atoms with Crippen molar-refractivity contribution in [2.75, 3.05) is 0 Å². The summed E-state index contributed by atoms with van der Waals surface area (Å²) in [6, 6.07) is 2.00. The van der Waals surface area contributed by atoms with Crippen LogP contribution in [0.25, 0.3) is 0 Å². The second-order valence-corrected chi connectivity index (χ2v) is 8.21. The molecule has 2 aliphatic heterocycles. The van der Waals surface area contributed by atoms with Crippen LogP contribution in [0.1, 0.15) is 48.0 Å². The number of rotatable bonds is 2. The molecule has 0 radical (unpaired) electrons. The molecule has 0 spiro atoms. The van der Waals surface area contributed by atoms with Gasteiger partial charge in [-0.25, -0.2) is 4.39 Å². The Hall–Kier alpha value is -1.24. The topological polar surface area (TPSA) is 34.1 Å². The Bertz CT molecular complexity index is 640. The maximum atomic E-state index is 13.4. The third kappa shape index (κ3) is 3.20. The molecule has 0 N–H and O–H groups in total. The molecular formula is C16H16F4O2S. The molecule has 7 heteroatoms. The quantitative estimate of drug-likeness (QED) is 0.595. The fraction of sp³-hybridized carbons (Fsp3) is 0.562. The van der Waals surface area contributed by atoms with Crippen molar-refractivity contribution in [2.24, 2.45) is 5.92 Å². The highest BCUT2D eigenvalue weighted by atomic mass is 32.2. The molecule has 1 aromatic rings. The predicted octanol–water partition coefficient (Wildman–Crippen LogP) is 4.11. The Morgan fingerprint density at radius 2 is 1.74 bits per heavy atom. The smallest absolute Gasteiger partial charge is 0.294 e. The van der Waals surface area contributed by atoms with Crippen LogP contribution in [0.5, 0.6) is 0 Å². The van der Waals surface area contributed by atoms with Gasteiger partial charge in [0.25, 0.3) is 0 Å². The first-order chi connectivity index (χ1) is 10.8. The van der Waals surface area contributed by atoms with Gasteiger partial charge in [0.2, 0.25) is 0 Å². The van der Waals surface area contributed by atoms with Gasteiger partial charge in [-0.1, -0.05) is 6.42 Å². The lowest BCUT2D eigenvalue weighted by molar-refractivity contribution is -0.138. The normalized spacial score (nSPS) is 31.0. The van der Waals surface area contributed by atoms with Crippen molar-refractivity contribution < 1.29 is 26.6 Å². The Balaban J connectivity index is 1.92. The van der Waals surface area contributed by atoms with Gasteiger partial charge in [-0.3, -0.25) is 9.00 Å². The van der Waals surface area contributed by atoms with Crippen LogP contribution >= 0.6 is 0 Å². The van der Waals surface area contributed by atoms with Crippen molar-refractivity contribution >= 4 is 16.6 Å². The number of Topliss-reactive ketones (excluding diaryl/α,β-unsaturated/α-hetero) is 1. The van der Waals surface area contributed by atoms with Crippen LogP contribution in [0, 0.1) is 11.7 Å². The van der Waals surface area contributed by atoms with E-state index in [-0.39, 0.29) is 10.5 Å². The summed E-state index contributed by atoms with van der Waals surface area (Å²) in [5.74, 6) is -2.14. The Kier molecular flexibility index (Phi) is 4.33. The minimum Gasteiger partial charge on any atom is -0.294 e. The average Bonchev–Trinajstić information content (AvgIpc) is 2.44. The maximum absolute atomic E-state index is 13.4. The Morgan fingerprint density at radius 3 is 2.30 bits per heavy atom. The summed E-state index contributed by atoms with van der Waals surface area (Å²) in [5, 5.41) is -0.251. The molecule has 1 aromatic carbocycles. The molecule has 2 saturated heterocycles. The largest absolute Gasteiger partial charge is 0.417 e. The van der Waals surface area contributed by atoms with Gasteiger partial charge >= 0.3 is 6.18 Å². The number of halogens is 4. The summed E-state index contributed by atoms with van der Waals surface area (Å²) >= 11 is 0. The molecule has 0 aliphatic carbocycles. The van der Waals surface area contributed by atoms with E-state index in [1.165, 1.54) is 0 Å². The van der Waals surface area contributed by atoms with E-state index in [0.717, 1.165) is 19.3 Å². The number of fused-ring (bicyclic) bond motifs is 2. The Morgan fingerprint density at radius 1 is 1.13 bits per heavy atom. The fourth-order valence-corrected chi connectivity index (χ4v) is 5.82. The molecule has 0 aromatic heterocycles. The number of benzene rings is 1. The summed E-state index contributed by atoms with van der Waals surface area (Å²) in [6.07, 6.45) is -1.63. The first-order valence-corrected chi connectivity index (χ1v) is 8.85.